The molecule has 0 fully saturated rings. The SMILES string of the molecule is Cc1ccc(NC(=O)CSc2nc3ccccc3nc2C)c([N+](=O)[O-])c1. The van der Waals surface area contributed by atoms with Crippen LogP contribution >= 0.6 is 11.8 Å². The van der Waals surface area contributed by atoms with Crippen molar-refractivity contribution in [1.29, 1.82) is 0 Å². The van der Waals surface area contributed by atoms with E-state index in [0.717, 1.165) is 22.3 Å². The number of nitrogens with one attached hydrogen (secondary N) is 1. The molecule has 0 saturated heterocycles. The summed E-state index contributed by atoms with van der Waals surface area (Å²) in [5, 5.41) is 14.4. The molecule has 3 aromatic rings. The van der Waals surface area contributed by atoms with E-state index in [2.05, 4.69) is 15.3 Å². The van der Waals surface area contributed by atoms with Crippen LogP contribution in [-0.2, 0) is 4.79 Å². The zero-order chi connectivity index (χ0) is 18.7. The third kappa shape index (κ3) is 3.97. The molecule has 0 aliphatic heterocycles. The zero-order valence-corrected chi connectivity index (χ0v) is 15.0. The number of amides is 1. The number of anilines is 1. The van der Waals surface area contributed by atoms with Gasteiger partial charge in [0.05, 0.1) is 27.4 Å². The summed E-state index contributed by atoms with van der Waals surface area (Å²) in [4.78, 5) is 31.9. The number of aryl methyl sites for hydroxylation is 2. The van der Waals surface area contributed by atoms with E-state index in [4.69, 9.17) is 0 Å². The van der Waals surface area contributed by atoms with Crippen LogP contribution in [0.15, 0.2) is 47.5 Å². The summed E-state index contributed by atoms with van der Waals surface area (Å²) in [6.45, 7) is 3.60. The number of hydrogen-bond donors (Lipinski definition) is 1. The minimum Gasteiger partial charge on any atom is -0.320 e. The number of carbonyl (C=O) groups excluding carboxylic acids is 1. The van der Waals surface area contributed by atoms with E-state index in [1.54, 1.807) is 13.0 Å². The quantitative estimate of drug-likeness (QED) is 0.417. The van der Waals surface area contributed by atoms with Gasteiger partial charge in [-0.15, -0.1) is 0 Å². The van der Waals surface area contributed by atoms with Gasteiger partial charge in [0.25, 0.3) is 5.69 Å². The number of aromatic nitrogens is 2. The standard InChI is InChI=1S/C18H16N4O3S/c1-11-7-8-15(16(9-11)22(24)25)20-17(23)10-26-18-12(2)19-13-5-3-4-6-14(13)21-18/h3-9H,10H2,1-2H3,(H,20,23). The lowest BCUT2D eigenvalue weighted by Crippen LogP contribution is -2.15. The van der Waals surface area contributed by atoms with Crippen LogP contribution in [-0.4, -0.2) is 26.6 Å². The summed E-state index contributed by atoms with van der Waals surface area (Å²) in [6, 6.07) is 12.2. The van der Waals surface area contributed by atoms with E-state index < -0.39 is 4.92 Å². The molecule has 0 bridgehead atoms. The average molecular weight is 368 g/mol. The Kier molecular flexibility index (Phi) is 5.13. The summed E-state index contributed by atoms with van der Waals surface area (Å²) in [6.07, 6.45) is 0. The molecule has 1 amide bonds. The van der Waals surface area contributed by atoms with E-state index in [1.165, 1.54) is 23.9 Å². The van der Waals surface area contributed by atoms with Crippen LogP contribution in [0.25, 0.3) is 11.0 Å². The number of carbonyl (C=O) groups is 1. The molecule has 0 unspecified atom stereocenters. The fraction of sp³-hybridized carbons (Fsp3) is 0.167. The summed E-state index contributed by atoms with van der Waals surface area (Å²) in [7, 11) is 0. The third-order valence-corrected chi connectivity index (χ3v) is 4.73. The van der Waals surface area contributed by atoms with Crippen molar-refractivity contribution in [3.05, 3.63) is 63.8 Å². The number of hydrogen-bond acceptors (Lipinski definition) is 6. The molecular formula is C18H16N4O3S. The fourth-order valence-electron chi connectivity index (χ4n) is 2.43. The van der Waals surface area contributed by atoms with E-state index in [-0.39, 0.29) is 23.0 Å². The normalized spacial score (nSPS) is 10.7. The molecule has 7 nitrogen and oxygen atoms in total. The van der Waals surface area contributed by atoms with Crippen molar-refractivity contribution in [2.45, 2.75) is 18.9 Å². The predicted octanol–water partition coefficient (Wildman–Crippen LogP) is 3.89. The molecule has 1 heterocycles. The van der Waals surface area contributed by atoms with Crippen molar-refractivity contribution in [3.63, 3.8) is 0 Å². The van der Waals surface area contributed by atoms with Crippen molar-refractivity contribution in [2.75, 3.05) is 11.1 Å². The molecule has 0 aliphatic rings. The van der Waals surface area contributed by atoms with Gasteiger partial charge in [-0.2, -0.15) is 0 Å². The number of fused-ring (bicyclic) bond motifs is 1. The van der Waals surface area contributed by atoms with Crippen LogP contribution in [0.3, 0.4) is 0 Å². The monoisotopic (exact) mass is 368 g/mol. The third-order valence-electron chi connectivity index (χ3n) is 3.67. The number of nitro benzene ring substituents is 1. The second-order valence-corrected chi connectivity index (χ2v) is 6.68. The Labute approximate surface area is 154 Å². The zero-order valence-electron chi connectivity index (χ0n) is 14.2. The molecular weight excluding hydrogens is 352 g/mol. The largest absolute Gasteiger partial charge is 0.320 e. The lowest BCUT2D eigenvalue weighted by molar-refractivity contribution is -0.384. The van der Waals surface area contributed by atoms with Crippen molar-refractivity contribution >= 4 is 40.1 Å². The summed E-state index contributed by atoms with van der Waals surface area (Å²) >= 11 is 1.25. The van der Waals surface area contributed by atoms with Gasteiger partial charge in [-0.05, 0) is 37.6 Å². The highest BCUT2D eigenvalue weighted by Gasteiger charge is 2.16. The maximum absolute atomic E-state index is 12.2. The Balaban J connectivity index is 1.72. The first-order valence-corrected chi connectivity index (χ1v) is 8.83. The molecule has 0 atom stereocenters. The van der Waals surface area contributed by atoms with Gasteiger partial charge >= 0.3 is 0 Å². The van der Waals surface area contributed by atoms with Crippen LogP contribution in [0.5, 0.6) is 0 Å². The molecule has 2 aromatic carbocycles. The van der Waals surface area contributed by atoms with Gasteiger partial charge in [-0.3, -0.25) is 14.9 Å². The number of thioether (sulfide) groups is 1. The highest BCUT2D eigenvalue weighted by Crippen LogP contribution is 2.26. The Hall–Kier alpha value is -3.00. The Morgan fingerprint density at radius 1 is 1.15 bits per heavy atom. The van der Waals surface area contributed by atoms with E-state index >= 15 is 0 Å². The number of rotatable bonds is 5. The molecule has 3 rings (SSSR count). The molecule has 0 radical (unpaired) electrons. The average Bonchev–Trinajstić information content (AvgIpc) is 2.61. The number of para-hydroxylation sites is 2. The second kappa shape index (κ2) is 7.49. The molecule has 26 heavy (non-hydrogen) atoms. The van der Waals surface area contributed by atoms with Crippen LogP contribution in [0.1, 0.15) is 11.3 Å². The molecule has 0 saturated carbocycles. The highest BCUT2D eigenvalue weighted by atomic mass is 32.2. The molecule has 0 spiro atoms. The summed E-state index contributed by atoms with van der Waals surface area (Å²) in [5.41, 5.74) is 3.12. The minimum atomic E-state index is -0.505. The molecule has 1 aromatic heterocycles. The number of benzene rings is 2. The van der Waals surface area contributed by atoms with Gasteiger partial charge in [-0.1, -0.05) is 30.0 Å². The van der Waals surface area contributed by atoms with E-state index in [1.807, 2.05) is 31.2 Å². The topological polar surface area (TPSA) is 98.0 Å². The molecule has 0 aliphatic carbocycles. The van der Waals surface area contributed by atoms with Crippen molar-refractivity contribution in [2.24, 2.45) is 0 Å². The number of nitro groups is 1. The minimum absolute atomic E-state index is 0.0822. The van der Waals surface area contributed by atoms with Gasteiger partial charge in [0.15, 0.2) is 0 Å². The molecule has 8 heteroatoms. The van der Waals surface area contributed by atoms with Gasteiger partial charge in [0.2, 0.25) is 5.91 Å². The lowest BCUT2D eigenvalue weighted by atomic mass is 10.2. The van der Waals surface area contributed by atoms with Gasteiger partial charge < -0.3 is 5.32 Å². The first kappa shape index (κ1) is 17.8. The number of nitrogens with zero attached hydrogens (tertiary/aromatic N) is 3. The van der Waals surface area contributed by atoms with Crippen LogP contribution in [0.2, 0.25) is 0 Å². The van der Waals surface area contributed by atoms with Gasteiger partial charge in [0, 0.05) is 6.07 Å². The predicted molar refractivity (Wildman–Crippen MR) is 101 cm³/mol. The second-order valence-electron chi connectivity index (χ2n) is 5.72. The van der Waals surface area contributed by atoms with Gasteiger partial charge in [-0.25, -0.2) is 9.97 Å². The Morgan fingerprint density at radius 3 is 2.54 bits per heavy atom. The van der Waals surface area contributed by atoms with Crippen LogP contribution in [0.4, 0.5) is 11.4 Å². The smallest absolute Gasteiger partial charge is 0.293 e. The summed E-state index contributed by atoms with van der Waals surface area (Å²) in [5.74, 6) is -0.255. The van der Waals surface area contributed by atoms with E-state index in [0.29, 0.717) is 5.03 Å². The van der Waals surface area contributed by atoms with Crippen LogP contribution in [0, 0.1) is 24.0 Å². The molecule has 1 N–H and O–H groups in total. The first-order chi connectivity index (χ1) is 12.4. The Bertz CT molecular complexity index is 1010. The Morgan fingerprint density at radius 2 is 1.85 bits per heavy atom. The molecule has 132 valence electrons. The lowest BCUT2D eigenvalue weighted by Gasteiger charge is -2.08. The first-order valence-electron chi connectivity index (χ1n) is 7.85. The van der Waals surface area contributed by atoms with Crippen molar-refractivity contribution < 1.29 is 9.72 Å². The highest BCUT2D eigenvalue weighted by molar-refractivity contribution is 8.00. The van der Waals surface area contributed by atoms with E-state index in [9.17, 15) is 14.9 Å². The maximum atomic E-state index is 12.2. The maximum Gasteiger partial charge on any atom is 0.293 e. The summed E-state index contributed by atoms with van der Waals surface area (Å²) < 4.78 is 0. The van der Waals surface area contributed by atoms with Gasteiger partial charge in [0.1, 0.15) is 10.7 Å². The van der Waals surface area contributed by atoms with Crippen molar-refractivity contribution in [1.82, 2.24) is 9.97 Å². The fourth-order valence-corrected chi connectivity index (χ4v) is 3.18. The van der Waals surface area contributed by atoms with Crippen LogP contribution < -0.4 is 5.32 Å². The van der Waals surface area contributed by atoms with Crippen molar-refractivity contribution in [3.8, 4) is 0 Å².